The Kier molecular flexibility index (Phi) is 11.5. The van der Waals surface area contributed by atoms with E-state index >= 15 is 0 Å². The Bertz CT molecular complexity index is 1100. The Balaban J connectivity index is 0.000000517. The summed E-state index contributed by atoms with van der Waals surface area (Å²) in [5.74, 6) is 0. The molecule has 0 nitrogen and oxygen atoms in total. The van der Waals surface area contributed by atoms with E-state index in [4.69, 9.17) is 0 Å². The van der Waals surface area contributed by atoms with Gasteiger partial charge in [0.15, 0.2) is 0 Å². The maximum absolute atomic E-state index is 2.36. The fourth-order valence-electron chi connectivity index (χ4n) is 4.09. The zero-order valence-electron chi connectivity index (χ0n) is 22.3. The Morgan fingerprint density at radius 3 is 1.67 bits per heavy atom. The summed E-state index contributed by atoms with van der Waals surface area (Å²) in [6.45, 7) is 22.4. The number of rotatable bonds is 1. The SMILES string of the molecule is C[Si]C.Cc1[cH-]c2c(C)c(C)c(C)c(-c3ccc(C(C)(C)C)cc3)c2c1C.[Zr+2].c1cc[cH-]c1. The molecule has 2 radical (unpaired) electrons. The molecule has 0 saturated carbocycles. The first kappa shape index (κ1) is 29.5. The van der Waals surface area contributed by atoms with Gasteiger partial charge in [-0.2, -0.15) is 23.8 Å². The predicted molar refractivity (Wildman–Crippen MR) is 147 cm³/mol. The second kappa shape index (κ2) is 12.8. The molecule has 0 atom stereocenters. The van der Waals surface area contributed by atoms with Gasteiger partial charge in [-0.3, -0.25) is 0 Å². The minimum Gasteiger partial charge on any atom is -0.214 e. The molecular weight excluding hydrogens is 492 g/mol. The topological polar surface area (TPSA) is 0 Å². The van der Waals surface area contributed by atoms with Crippen LogP contribution < -0.4 is 0 Å². The Morgan fingerprint density at radius 2 is 1.24 bits per heavy atom. The molecule has 0 fully saturated rings. The summed E-state index contributed by atoms with van der Waals surface area (Å²) in [5.41, 5.74) is 11.4. The molecule has 2 heteroatoms. The fourth-order valence-corrected chi connectivity index (χ4v) is 4.09. The molecule has 172 valence electrons. The van der Waals surface area contributed by atoms with Gasteiger partial charge in [-0.1, -0.05) is 95.6 Å². The van der Waals surface area contributed by atoms with Crippen molar-refractivity contribution >= 4 is 20.3 Å². The van der Waals surface area contributed by atoms with E-state index in [1.54, 1.807) is 0 Å². The van der Waals surface area contributed by atoms with Gasteiger partial charge in [0.2, 0.25) is 0 Å². The zero-order chi connectivity index (χ0) is 24.1. The van der Waals surface area contributed by atoms with E-state index in [2.05, 4.69) is 98.8 Å². The first-order chi connectivity index (χ1) is 15.0. The minimum atomic E-state index is 0. The van der Waals surface area contributed by atoms with Gasteiger partial charge in [0.1, 0.15) is 0 Å². The van der Waals surface area contributed by atoms with Crippen molar-refractivity contribution in [1.29, 1.82) is 0 Å². The fraction of sp³-hybridized carbons (Fsp3) is 0.355. The molecule has 4 aromatic carbocycles. The Hall–Kier alpha value is -1.50. The smallest absolute Gasteiger partial charge is 0.214 e. The van der Waals surface area contributed by atoms with Gasteiger partial charge in [0.05, 0.1) is 0 Å². The molecule has 0 amide bonds. The minimum absolute atomic E-state index is 0. The average molecular weight is 532 g/mol. The van der Waals surface area contributed by atoms with Crippen LogP contribution in [0.5, 0.6) is 0 Å². The molecule has 0 bridgehead atoms. The second-order valence-electron chi connectivity index (χ2n) is 9.78. The van der Waals surface area contributed by atoms with Crippen LogP contribution in [-0.4, -0.2) is 9.52 Å². The summed E-state index contributed by atoms with van der Waals surface area (Å²) in [6, 6.07) is 21.6. The second-order valence-corrected chi connectivity index (χ2v) is 10.8. The Morgan fingerprint density at radius 1 is 0.727 bits per heavy atom. The van der Waals surface area contributed by atoms with Crippen molar-refractivity contribution in [3.8, 4) is 11.1 Å². The maximum Gasteiger partial charge on any atom is 2.00 e. The van der Waals surface area contributed by atoms with E-state index in [0.717, 1.165) is 9.52 Å². The van der Waals surface area contributed by atoms with Crippen LogP contribution in [0.3, 0.4) is 0 Å². The van der Waals surface area contributed by atoms with Crippen molar-refractivity contribution in [1.82, 2.24) is 0 Å². The molecule has 0 aliphatic rings. The molecule has 0 heterocycles. The van der Waals surface area contributed by atoms with E-state index in [1.165, 1.54) is 55.3 Å². The van der Waals surface area contributed by atoms with Crippen LogP contribution >= 0.6 is 0 Å². The van der Waals surface area contributed by atoms with Crippen molar-refractivity contribution in [2.75, 3.05) is 0 Å². The Labute approximate surface area is 224 Å². The summed E-state index contributed by atoms with van der Waals surface area (Å²) < 4.78 is 0. The van der Waals surface area contributed by atoms with Crippen LogP contribution in [0.2, 0.25) is 13.1 Å². The molecule has 0 unspecified atom stereocenters. The summed E-state index contributed by atoms with van der Waals surface area (Å²) >= 11 is 0. The zero-order valence-corrected chi connectivity index (χ0v) is 25.7. The molecule has 0 spiro atoms. The van der Waals surface area contributed by atoms with Crippen molar-refractivity contribution in [2.45, 2.75) is 73.9 Å². The molecule has 0 aliphatic carbocycles. The number of aryl methyl sites for hydroxylation is 3. The molecule has 33 heavy (non-hydrogen) atoms. The van der Waals surface area contributed by atoms with Crippen LogP contribution in [0, 0.1) is 34.6 Å². The normalized spacial score (nSPS) is 10.6. The van der Waals surface area contributed by atoms with E-state index in [1.807, 2.05) is 30.3 Å². The molecule has 0 aromatic heterocycles. The van der Waals surface area contributed by atoms with Crippen molar-refractivity contribution in [3.05, 3.63) is 94.0 Å². The van der Waals surface area contributed by atoms with E-state index in [9.17, 15) is 0 Å². The third kappa shape index (κ3) is 7.00. The van der Waals surface area contributed by atoms with Crippen LogP contribution in [0.15, 0.2) is 60.7 Å². The van der Waals surface area contributed by atoms with Crippen molar-refractivity contribution < 1.29 is 26.2 Å². The van der Waals surface area contributed by atoms with Crippen molar-refractivity contribution in [3.63, 3.8) is 0 Å². The van der Waals surface area contributed by atoms with Crippen LogP contribution in [0.25, 0.3) is 21.9 Å². The van der Waals surface area contributed by atoms with Gasteiger partial charge in [-0.15, -0.1) is 28.0 Å². The van der Waals surface area contributed by atoms with Gasteiger partial charge in [-0.05, 0) is 30.4 Å². The summed E-state index contributed by atoms with van der Waals surface area (Å²) in [6.07, 6.45) is 0. The molecule has 0 saturated heterocycles. The number of hydrogen-bond acceptors (Lipinski definition) is 0. The van der Waals surface area contributed by atoms with Crippen LogP contribution in [0.1, 0.15) is 54.2 Å². The summed E-state index contributed by atoms with van der Waals surface area (Å²) in [4.78, 5) is 0. The molecule has 4 aromatic rings. The summed E-state index contributed by atoms with van der Waals surface area (Å²) in [5, 5.41) is 2.86. The molecule has 4 rings (SSSR count). The van der Waals surface area contributed by atoms with Gasteiger partial charge >= 0.3 is 26.2 Å². The third-order valence-corrected chi connectivity index (χ3v) is 6.35. The first-order valence-electron chi connectivity index (χ1n) is 11.6. The standard InChI is InChI=1S/C24H29.C5H5.C2H6Si.Zr/c1-14-13-21-17(4)16(3)18(5)22(23(21)15(14)2)19-9-11-20(12-10-19)24(6,7)8;1-2-4-5-3-1;1-3-2;/h9-13H,1-8H3;1-5H;1-2H3;/q2*-1;;+2. The van der Waals surface area contributed by atoms with Gasteiger partial charge in [-0.25, -0.2) is 12.1 Å². The number of fused-ring (bicyclic) bond motifs is 1. The van der Waals surface area contributed by atoms with Crippen LogP contribution in [0.4, 0.5) is 0 Å². The third-order valence-electron chi connectivity index (χ3n) is 6.35. The van der Waals surface area contributed by atoms with Gasteiger partial charge < -0.3 is 0 Å². The number of hydrogen-bond donors (Lipinski definition) is 0. The molecular formula is C31H40SiZr. The first-order valence-corrected chi connectivity index (χ1v) is 13.6. The monoisotopic (exact) mass is 530 g/mol. The van der Waals surface area contributed by atoms with Crippen LogP contribution in [-0.2, 0) is 31.6 Å². The predicted octanol–water partition coefficient (Wildman–Crippen LogP) is 9.26. The summed E-state index contributed by atoms with van der Waals surface area (Å²) in [7, 11) is 1.08. The van der Waals surface area contributed by atoms with E-state index in [0.29, 0.717) is 0 Å². The quantitative estimate of drug-likeness (QED) is 0.170. The molecule has 0 aliphatic heterocycles. The molecule has 0 N–H and O–H groups in total. The van der Waals surface area contributed by atoms with E-state index in [-0.39, 0.29) is 31.6 Å². The largest absolute Gasteiger partial charge is 2.00 e. The maximum atomic E-state index is 2.36. The van der Waals surface area contributed by atoms with Crippen molar-refractivity contribution in [2.24, 2.45) is 0 Å². The average Bonchev–Trinajstić information content (AvgIpc) is 3.41. The van der Waals surface area contributed by atoms with Gasteiger partial charge in [0.25, 0.3) is 0 Å². The van der Waals surface area contributed by atoms with E-state index < -0.39 is 0 Å². The van der Waals surface area contributed by atoms with Gasteiger partial charge in [0, 0.05) is 9.52 Å². The number of benzene rings is 2.